The van der Waals surface area contributed by atoms with Crippen molar-refractivity contribution in [3.63, 3.8) is 0 Å². The van der Waals surface area contributed by atoms with Crippen LogP contribution < -0.4 is 10.6 Å². The van der Waals surface area contributed by atoms with Gasteiger partial charge >= 0.3 is 0 Å². The third-order valence-electron chi connectivity index (χ3n) is 4.89. The first-order valence-electron chi connectivity index (χ1n) is 8.37. The number of nitrogens with one attached hydrogen (secondary N) is 2. The van der Waals surface area contributed by atoms with Crippen LogP contribution >= 0.6 is 11.3 Å². The standard InChI is InChI=1S/C20H22N2OS/c1-12-8-9-24-19(12)18-17-15(10-20(2,3)11-16(17)23)21-13-6-4-5-7-14(13)22-18/h4-9,18,21-22H,10-11H2,1-3H3/t18-/m0/s1. The van der Waals surface area contributed by atoms with E-state index in [1.165, 1.54) is 10.4 Å². The molecule has 4 rings (SSSR count). The van der Waals surface area contributed by atoms with Crippen LogP contribution in [0, 0.1) is 12.3 Å². The lowest BCUT2D eigenvalue weighted by molar-refractivity contribution is -0.118. The number of rotatable bonds is 1. The summed E-state index contributed by atoms with van der Waals surface area (Å²) in [7, 11) is 0. The summed E-state index contributed by atoms with van der Waals surface area (Å²) < 4.78 is 0. The maximum atomic E-state index is 13.0. The van der Waals surface area contributed by atoms with Crippen molar-refractivity contribution in [1.82, 2.24) is 0 Å². The predicted molar refractivity (Wildman–Crippen MR) is 101 cm³/mol. The van der Waals surface area contributed by atoms with Gasteiger partial charge in [0.25, 0.3) is 0 Å². The lowest BCUT2D eigenvalue weighted by atomic mass is 9.74. The normalized spacial score (nSPS) is 22.1. The Morgan fingerprint density at radius 1 is 1.12 bits per heavy atom. The van der Waals surface area contributed by atoms with E-state index in [2.05, 4.69) is 55.0 Å². The van der Waals surface area contributed by atoms with E-state index in [0.717, 1.165) is 29.1 Å². The Kier molecular flexibility index (Phi) is 3.53. The van der Waals surface area contributed by atoms with E-state index < -0.39 is 0 Å². The summed E-state index contributed by atoms with van der Waals surface area (Å²) >= 11 is 1.72. The molecule has 2 aromatic rings. The lowest BCUT2D eigenvalue weighted by Crippen LogP contribution is -2.31. The lowest BCUT2D eigenvalue weighted by Gasteiger charge is -2.34. The van der Waals surface area contributed by atoms with Crippen LogP contribution in [-0.2, 0) is 4.79 Å². The van der Waals surface area contributed by atoms with Crippen molar-refractivity contribution >= 4 is 28.5 Å². The summed E-state index contributed by atoms with van der Waals surface area (Å²) in [6.45, 7) is 6.47. The highest BCUT2D eigenvalue weighted by Crippen LogP contribution is 2.46. The highest BCUT2D eigenvalue weighted by molar-refractivity contribution is 7.10. The van der Waals surface area contributed by atoms with Crippen LogP contribution in [0.1, 0.15) is 43.2 Å². The molecule has 0 spiro atoms. The van der Waals surface area contributed by atoms with Gasteiger partial charge < -0.3 is 10.6 Å². The fourth-order valence-corrected chi connectivity index (χ4v) is 4.75. The number of Topliss-reactive ketones (excluding diaryl/α,β-unsaturated/α-hetero) is 1. The molecule has 2 heterocycles. The second-order valence-electron chi connectivity index (χ2n) is 7.55. The number of aryl methyl sites for hydroxylation is 1. The molecule has 24 heavy (non-hydrogen) atoms. The summed E-state index contributed by atoms with van der Waals surface area (Å²) in [6, 6.07) is 10.3. The van der Waals surface area contributed by atoms with E-state index in [1.54, 1.807) is 11.3 Å². The first-order chi connectivity index (χ1) is 11.4. The summed E-state index contributed by atoms with van der Waals surface area (Å²) in [5.74, 6) is 0.256. The van der Waals surface area contributed by atoms with Crippen LogP contribution in [0.3, 0.4) is 0 Å². The Labute approximate surface area is 146 Å². The Balaban J connectivity index is 1.90. The van der Waals surface area contributed by atoms with Gasteiger partial charge in [-0.3, -0.25) is 4.79 Å². The molecule has 4 heteroatoms. The van der Waals surface area contributed by atoms with E-state index in [1.807, 2.05) is 12.1 Å². The molecule has 1 atom stereocenters. The molecule has 124 valence electrons. The molecule has 0 radical (unpaired) electrons. The summed E-state index contributed by atoms with van der Waals surface area (Å²) in [5, 5.41) is 9.29. The average Bonchev–Trinajstić information content (AvgIpc) is 2.85. The summed E-state index contributed by atoms with van der Waals surface area (Å²) in [5.41, 5.74) is 5.32. The van der Waals surface area contributed by atoms with Crippen LogP contribution in [0.15, 0.2) is 47.0 Å². The van der Waals surface area contributed by atoms with Gasteiger partial charge in [-0.1, -0.05) is 26.0 Å². The number of anilines is 2. The maximum Gasteiger partial charge on any atom is 0.163 e. The number of hydrogen-bond acceptors (Lipinski definition) is 4. The fourth-order valence-electron chi connectivity index (χ4n) is 3.77. The highest BCUT2D eigenvalue weighted by Gasteiger charge is 2.39. The molecule has 0 saturated carbocycles. The number of ketones is 1. The maximum absolute atomic E-state index is 13.0. The Morgan fingerprint density at radius 2 is 1.88 bits per heavy atom. The van der Waals surface area contributed by atoms with E-state index >= 15 is 0 Å². The smallest absolute Gasteiger partial charge is 0.163 e. The molecule has 0 fully saturated rings. The summed E-state index contributed by atoms with van der Waals surface area (Å²) in [6.07, 6.45) is 1.50. The molecular weight excluding hydrogens is 316 g/mol. The molecule has 2 aliphatic rings. The average molecular weight is 338 g/mol. The molecule has 3 nitrogen and oxygen atoms in total. The van der Waals surface area contributed by atoms with Crippen molar-refractivity contribution in [3.8, 4) is 0 Å². The van der Waals surface area contributed by atoms with Gasteiger partial charge in [0.1, 0.15) is 0 Å². The SMILES string of the molecule is Cc1ccsc1[C@H]1Nc2ccccc2NC2=C1C(=O)CC(C)(C)C2. The van der Waals surface area contributed by atoms with Crippen molar-refractivity contribution < 1.29 is 4.79 Å². The molecule has 1 aromatic carbocycles. The van der Waals surface area contributed by atoms with Crippen molar-refractivity contribution in [3.05, 3.63) is 57.4 Å². The minimum atomic E-state index is -0.0697. The van der Waals surface area contributed by atoms with Gasteiger partial charge in [-0.05, 0) is 47.9 Å². The first-order valence-corrected chi connectivity index (χ1v) is 9.25. The minimum Gasteiger partial charge on any atom is -0.372 e. The number of para-hydroxylation sites is 2. The van der Waals surface area contributed by atoms with Crippen molar-refractivity contribution in [2.24, 2.45) is 5.41 Å². The fraction of sp³-hybridized carbons (Fsp3) is 0.350. The van der Waals surface area contributed by atoms with Gasteiger partial charge in [0.05, 0.1) is 17.4 Å². The van der Waals surface area contributed by atoms with Crippen LogP contribution in [0.5, 0.6) is 0 Å². The number of carbonyl (C=O) groups excluding carboxylic acids is 1. The summed E-state index contributed by atoms with van der Waals surface area (Å²) in [4.78, 5) is 14.3. The number of carbonyl (C=O) groups is 1. The number of thiophene rings is 1. The molecule has 0 bridgehead atoms. The molecule has 0 amide bonds. The van der Waals surface area contributed by atoms with Gasteiger partial charge in [0.2, 0.25) is 0 Å². The molecule has 1 aliphatic heterocycles. The Hall–Kier alpha value is -2.07. The third-order valence-corrected chi connectivity index (χ3v) is 5.97. The largest absolute Gasteiger partial charge is 0.372 e. The topological polar surface area (TPSA) is 41.1 Å². The molecule has 0 saturated heterocycles. The molecule has 0 unspecified atom stereocenters. The van der Waals surface area contributed by atoms with Crippen LogP contribution in [0.4, 0.5) is 11.4 Å². The van der Waals surface area contributed by atoms with Gasteiger partial charge in [-0.15, -0.1) is 11.3 Å². The van der Waals surface area contributed by atoms with Crippen molar-refractivity contribution in [1.29, 1.82) is 0 Å². The van der Waals surface area contributed by atoms with Gasteiger partial charge in [0.15, 0.2) is 5.78 Å². The zero-order chi connectivity index (χ0) is 16.9. The second kappa shape index (κ2) is 5.49. The van der Waals surface area contributed by atoms with Crippen LogP contribution in [0.25, 0.3) is 0 Å². The first kappa shape index (κ1) is 15.5. The monoisotopic (exact) mass is 338 g/mol. The zero-order valence-corrected chi connectivity index (χ0v) is 15.1. The molecular formula is C20H22N2OS. The van der Waals surface area contributed by atoms with Gasteiger partial charge in [-0.2, -0.15) is 0 Å². The van der Waals surface area contributed by atoms with E-state index in [9.17, 15) is 4.79 Å². The molecule has 1 aromatic heterocycles. The highest BCUT2D eigenvalue weighted by atomic mass is 32.1. The van der Waals surface area contributed by atoms with Crippen molar-refractivity contribution in [2.75, 3.05) is 10.6 Å². The number of allylic oxidation sites excluding steroid dienone is 1. The predicted octanol–water partition coefficient (Wildman–Crippen LogP) is 5.28. The quantitative estimate of drug-likeness (QED) is 0.743. The Bertz CT molecular complexity index is 847. The van der Waals surface area contributed by atoms with E-state index in [4.69, 9.17) is 0 Å². The number of fused-ring (bicyclic) bond motifs is 1. The molecule has 2 N–H and O–H groups in total. The van der Waals surface area contributed by atoms with Gasteiger partial charge in [0, 0.05) is 22.6 Å². The number of benzene rings is 1. The van der Waals surface area contributed by atoms with E-state index in [-0.39, 0.29) is 17.2 Å². The molecule has 1 aliphatic carbocycles. The van der Waals surface area contributed by atoms with E-state index in [0.29, 0.717) is 6.42 Å². The van der Waals surface area contributed by atoms with Gasteiger partial charge in [-0.25, -0.2) is 0 Å². The van der Waals surface area contributed by atoms with Crippen LogP contribution in [0.2, 0.25) is 0 Å². The van der Waals surface area contributed by atoms with Crippen molar-refractivity contribution in [2.45, 2.75) is 39.7 Å². The number of hydrogen-bond donors (Lipinski definition) is 2. The zero-order valence-electron chi connectivity index (χ0n) is 14.3. The Morgan fingerprint density at radius 3 is 2.58 bits per heavy atom. The second-order valence-corrected chi connectivity index (χ2v) is 8.50. The minimum absolute atomic E-state index is 0.00273. The third kappa shape index (κ3) is 2.55. The van der Waals surface area contributed by atoms with Crippen LogP contribution in [-0.4, -0.2) is 5.78 Å².